The molecule has 1 aromatic carbocycles. The summed E-state index contributed by atoms with van der Waals surface area (Å²) in [6, 6.07) is 7.07. The first-order valence-electron chi connectivity index (χ1n) is 7.54. The Morgan fingerprint density at radius 3 is 2.43 bits per heavy atom. The summed E-state index contributed by atoms with van der Waals surface area (Å²) in [6.45, 7) is 3.55. The van der Waals surface area contributed by atoms with E-state index in [-0.39, 0.29) is 23.9 Å². The number of hydrogen-bond acceptors (Lipinski definition) is 4. The highest BCUT2D eigenvalue weighted by atomic mass is 16.2. The van der Waals surface area contributed by atoms with Crippen molar-refractivity contribution in [1.29, 1.82) is 0 Å². The maximum Gasteiger partial charge on any atom is 0.261 e. The number of piperazine rings is 1. The minimum Gasteiger partial charge on any atom is -0.339 e. The highest BCUT2D eigenvalue weighted by Gasteiger charge is 2.22. The lowest BCUT2D eigenvalue weighted by molar-refractivity contribution is -0.138. The molecule has 3 rings (SSSR count). The van der Waals surface area contributed by atoms with Crippen LogP contribution in [0.4, 0.5) is 0 Å². The zero-order chi connectivity index (χ0) is 16.4. The highest BCUT2D eigenvalue weighted by molar-refractivity contribution is 5.79. The molecule has 0 radical (unpaired) electrons. The van der Waals surface area contributed by atoms with Crippen LogP contribution in [-0.4, -0.2) is 57.3 Å². The molecular weight excluding hydrogens is 296 g/mol. The number of carbonyl (C=O) groups is 2. The number of amides is 2. The lowest BCUT2D eigenvalue weighted by Gasteiger charge is -2.34. The molecule has 2 amide bonds. The zero-order valence-corrected chi connectivity index (χ0v) is 12.9. The number of nitrogens with zero attached hydrogens (tertiary/aromatic N) is 4. The van der Waals surface area contributed by atoms with E-state index in [2.05, 4.69) is 4.98 Å². The molecule has 0 atom stereocenters. The third-order valence-corrected chi connectivity index (χ3v) is 4.11. The van der Waals surface area contributed by atoms with E-state index in [4.69, 9.17) is 0 Å². The largest absolute Gasteiger partial charge is 0.339 e. The van der Waals surface area contributed by atoms with E-state index in [1.165, 1.54) is 17.8 Å². The fourth-order valence-electron chi connectivity index (χ4n) is 2.74. The molecule has 1 aliphatic heterocycles. The molecule has 23 heavy (non-hydrogen) atoms. The lowest BCUT2D eigenvalue weighted by Crippen LogP contribution is -2.51. The lowest BCUT2D eigenvalue weighted by atomic mass is 10.2. The zero-order valence-electron chi connectivity index (χ0n) is 12.9. The highest BCUT2D eigenvalue weighted by Crippen LogP contribution is 2.06. The van der Waals surface area contributed by atoms with Crippen molar-refractivity contribution in [2.24, 2.45) is 0 Å². The second-order valence-corrected chi connectivity index (χ2v) is 5.58. The molecule has 0 bridgehead atoms. The standard InChI is InChI=1S/C16H18N4O3/c1-12(21)18-6-8-19(9-7-18)15(22)10-20-11-17-14-5-3-2-4-13(14)16(20)23/h2-5,11H,6-10H2,1H3. The fraction of sp³-hybridized carbons (Fsp3) is 0.375. The average molecular weight is 314 g/mol. The normalized spacial score (nSPS) is 15.0. The van der Waals surface area contributed by atoms with Gasteiger partial charge in [0.25, 0.3) is 5.56 Å². The van der Waals surface area contributed by atoms with Gasteiger partial charge in [-0.15, -0.1) is 0 Å². The van der Waals surface area contributed by atoms with Gasteiger partial charge in [0.05, 0.1) is 17.2 Å². The molecule has 120 valence electrons. The number of rotatable bonds is 2. The van der Waals surface area contributed by atoms with E-state index in [1.54, 1.807) is 28.0 Å². The van der Waals surface area contributed by atoms with Gasteiger partial charge in [-0.05, 0) is 12.1 Å². The van der Waals surface area contributed by atoms with Gasteiger partial charge in [-0.25, -0.2) is 4.98 Å². The molecule has 1 saturated heterocycles. The van der Waals surface area contributed by atoms with Crippen LogP contribution in [0.15, 0.2) is 35.4 Å². The van der Waals surface area contributed by atoms with E-state index >= 15 is 0 Å². The number of para-hydroxylation sites is 1. The molecule has 0 N–H and O–H groups in total. The molecule has 2 aromatic rings. The first-order valence-corrected chi connectivity index (χ1v) is 7.54. The number of carbonyl (C=O) groups excluding carboxylic acids is 2. The van der Waals surface area contributed by atoms with Crippen molar-refractivity contribution in [2.75, 3.05) is 26.2 Å². The Bertz CT molecular complexity index is 806. The van der Waals surface area contributed by atoms with Gasteiger partial charge < -0.3 is 9.80 Å². The van der Waals surface area contributed by atoms with Crippen molar-refractivity contribution >= 4 is 22.7 Å². The van der Waals surface area contributed by atoms with Crippen molar-refractivity contribution in [1.82, 2.24) is 19.4 Å². The van der Waals surface area contributed by atoms with Crippen LogP contribution in [0.25, 0.3) is 10.9 Å². The van der Waals surface area contributed by atoms with Crippen molar-refractivity contribution in [3.63, 3.8) is 0 Å². The van der Waals surface area contributed by atoms with Crippen LogP contribution in [0.3, 0.4) is 0 Å². The SMILES string of the molecule is CC(=O)N1CCN(C(=O)Cn2cnc3ccccc3c2=O)CC1. The Kier molecular flexibility index (Phi) is 4.10. The molecule has 2 heterocycles. The van der Waals surface area contributed by atoms with Gasteiger partial charge in [-0.3, -0.25) is 19.0 Å². The summed E-state index contributed by atoms with van der Waals surface area (Å²) < 4.78 is 1.34. The van der Waals surface area contributed by atoms with Crippen LogP contribution in [0.1, 0.15) is 6.92 Å². The molecule has 1 aromatic heterocycles. The van der Waals surface area contributed by atoms with Gasteiger partial charge in [0, 0.05) is 33.1 Å². The number of hydrogen-bond donors (Lipinski definition) is 0. The summed E-state index contributed by atoms with van der Waals surface area (Å²) in [5.41, 5.74) is 0.405. The first kappa shape index (κ1) is 15.2. The van der Waals surface area contributed by atoms with E-state index < -0.39 is 0 Å². The number of benzene rings is 1. The molecule has 7 heteroatoms. The van der Waals surface area contributed by atoms with E-state index in [0.29, 0.717) is 37.1 Å². The van der Waals surface area contributed by atoms with E-state index in [0.717, 1.165) is 0 Å². The Labute approximate surface area is 133 Å². The van der Waals surface area contributed by atoms with E-state index in [9.17, 15) is 14.4 Å². The summed E-state index contributed by atoms with van der Waals surface area (Å²) in [4.78, 5) is 43.7. The van der Waals surface area contributed by atoms with Crippen molar-refractivity contribution in [3.8, 4) is 0 Å². The molecule has 7 nitrogen and oxygen atoms in total. The van der Waals surface area contributed by atoms with Gasteiger partial charge in [0.2, 0.25) is 11.8 Å². The summed E-state index contributed by atoms with van der Waals surface area (Å²) in [5, 5.41) is 0.504. The third-order valence-electron chi connectivity index (χ3n) is 4.11. The van der Waals surface area contributed by atoms with Crippen LogP contribution in [-0.2, 0) is 16.1 Å². The van der Waals surface area contributed by atoms with Crippen LogP contribution in [0.2, 0.25) is 0 Å². The van der Waals surface area contributed by atoms with Crippen molar-refractivity contribution in [2.45, 2.75) is 13.5 Å². The average Bonchev–Trinajstić information content (AvgIpc) is 2.57. The smallest absolute Gasteiger partial charge is 0.261 e. The topological polar surface area (TPSA) is 75.5 Å². The molecule has 0 aliphatic carbocycles. The predicted molar refractivity (Wildman–Crippen MR) is 84.8 cm³/mol. The molecule has 1 fully saturated rings. The quantitative estimate of drug-likeness (QED) is 0.787. The first-order chi connectivity index (χ1) is 11.1. The Balaban J connectivity index is 1.73. The minimum atomic E-state index is -0.216. The fourth-order valence-corrected chi connectivity index (χ4v) is 2.74. The number of fused-ring (bicyclic) bond motifs is 1. The molecular formula is C16H18N4O3. The molecule has 0 unspecified atom stereocenters. The second-order valence-electron chi connectivity index (χ2n) is 5.58. The van der Waals surface area contributed by atoms with Gasteiger partial charge in [0.15, 0.2) is 0 Å². The van der Waals surface area contributed by atoms with Crippen LogP contribution >= 0.6 is 0 Å². The van der Waals surface area contributed by atoms with Gasteiger partial charge >= 0.3 is 0 Å². The van der Waals surface area contributed by atoms with Crippen molar-refractivity contribution in [3.05, 3.63) is 40.9 Å². The van der Waals surface area contributed by atoms with Gasteiger partial charge in [-0.2, -0.15) is 0 Å². The molecule has 1 aliphatic rings. The summed E-state index contributed by atoms with van der Waals surface area (Å²) >= 11 is 0. The molecule has 0 spiro atoms. The van der Waals surface area contributed by atoms with Gasteiger partial charge in [0.1, 0.15) is 6.54 Å². The third kappa shape index (κ3) is 3.08. The maximum absolute atomic E-state index is 12.4. The molecule has 0 saturated carbocycles. The number of aromatic nitrogens is 2. The summed E-state index contributed by atoms with van der Waals surface area (Å²) in [5.74, 6) is -0.112. The summed E-state index contributed by atoms with van der Waals surface area (Å²) in [7, 11) is 0. The van der Waals surface area contributed by atoms with Crippen LogP contribution in [0.5, 0.6) is 0 Å². The van der Waals surface area contributed by atoms with Crippen LogP contribution in [0, 0.1) is 0 Å². The van der Waals surface area contributed by atoms with Gasteiger partial charge in [-0.1, -0.05) is 12.1 Å². The van der Waals surface area contributed by atoms with Crippen LogP contribution < -0.4 is 5.56 Å². The summed E-state index contributed by atoms with van der Waals surface area (Å²) in [6.07, 6.45) is 1.41. The maximum atomic E-state index is 12.4. The predicted octanol–water partition coefficient (Wildman–Crippen LogP) is 0.0872. The van der Waals surface area contributed by atoms with E-state index in [1.807, 2.05) is 6.07 Å². The second kappa shape index (κ2) is 6.20. The minimum absolute atomic E-state index is 0.0204. The van der Waals surface area contributed by atoms with Crippen molar-refractivity contribution < 1.29 is 9.59 Å². The Morgan fingerprint density at radius 1 is 1.09 bits per heavy atom. The monoisotopic (exact) mass is 314 g/mol. The Hall–Kier alpha value is -2.70. The Morgan fingerprint density at radius 2 is 1.74 bits per heavy atom.